The van der Waals surface area contributed by atoms with Crippen molar-refractivity contribution in [2.75, 3.05) is 32.7 Å². The van der Waals surface area contributed by atoms with E-state index in [2.05, 4.69) is 5.32 Å². The molecule has 1 saturated heterocycles. The minimum Gasteiger partial charge on any atom is -0.497 e. The second-order valence-electron chi connectivity index (χ2n) is 7.26. The highest BCUT2D eigenvalue weighted by Crippen LogP contribution is 2.30. The van der Waals surface area contributed by atoms with E-state index >= 15 is 0 Å². The molecule has 1 aliphatic rings. The number of likely N-dealkylation sites (tertiary alicyclic amines) is 1. The highest BCUT2D eigenvalue weighted by Gasteiger charge is 2.38. The van der Waals surface area contributed by atoms with E-state index in [4.69, 9.17) is 14.2 Å². The monoisotopic (exact) mass is 426 g/mol. The zero-order valence-corrected chi connectivity index (χ0v) is 17.8. The van der Waals surface area contributed by atoms with Gasteiger partial charge in [-0.3, -0.25) is 14.4 Å². The van der Waals surface area contributed by atoms with Gasteiger partial charge in [0.2, 0.25) is 5.91 Å². The number of rotatable bonds is 8. The molecule has 0 radical (unpaired) electrons. The van der Waals surface area contributed by atoms with Crippen LogP contribution in [-0.2, 0) is 19.1 Å². The molecule has 1 fully saturated rings. The Balaban J connectivity index is 1.54. The number of hydrogen-bond acceptors (Lipinski definition) is 6. The summed E-state index contributed by atoms with van der Waals surface area (Å²) in [6, 6.07) is 14.4. The molecule has 0 unspecified atom stereocenters. The Morgan fingerprint density at radius 3 is 2.55 bits per heavy atom. The lowest BCUT2D eigenvalue weighted by atomic mass is 10.1. The first kappa shape index (κ1) is 22.1. The van der Waals surface area contributed by atoms with Crippen molar-refractivity contribution in [3.63, 3.8) is 0 Å². The van der Waals surface area contributed by atoms with Gasteiger partial charge in [0.15, 0.2) is 6.61 Å². The fraction of sp³-hybridized carbons (Fsp3) is 0.348. The van der Waals surface area contributed by atoms with Gasteiger partial charge >= 0.3 is 5.97 Å². The zero-order valence-electron chi connectivity index (χ0n) is 17.8. The molecule has 1 N–H and O–H groups in total. The van der Waals surface area contributed by atoms with Crippen molar-refractivity contribution < 1.29 is 28.6 Å². The second-order valence-corrected chi connectivity index (χ2v) is 7.26. The van der Waals surface area contributed by atoms with Crippen molar-refractivity contribution >= 4 is 23.5 Å². The molecule has 2 atom stereocenters. The summed E-state index contributed by atoms with van der Waals surface area (Å²) in [6.07, 6.45) is 0.0708. The molecule has 2 amide bonds. The first-order valence-corrected chi connectivity index (χ1v) is 9.95. The molecule has 0 bridgehead atoms. The van der Waals surface area contributed by atoms with E-state index in [1.54, 1.807) is 23.1 Å². The third-order valence-electron chi connectivity index (χ3n) is 5.27. The minimum atomic E-state index is -0.599. The molecular weight excluding hydrogens is 400 g/mol. The summed E-state index contributed by atoms with van der Waals surface area (Å²) in [4.78, 5) is 38.8. The Kier molecular flexibility index (Phi) is 7.12. The minimum absolute atomic E-state index is 0.0708. The van der Waals surface area contributed by atoms with Gasteiger partial charge in [0.1, 0.15) is 11.5 Å². The number of esters is 1. The van der Waals surface area contributed by atoms with Crippen LogP contribution in [0.15, 0.2) is 48.5 Å². The molecule has 31 heavy (non-hydrogen) atoms. The number of carbonyl (C=O) groups is 3. The van der Waals surface area contributed by atoms with Crippen molar-refractivity contribution in [1.82, 2.24) is 4.90 Å². The number of benzene rings is 2. The van der Waals surface area contributed by atoms with Crippen LogP contribution in [0.3, 0.4) is 0 Å². The summed E-state index contributed by atoms with van der Waals surface area (Å²) < 4.78 is 15.5. The average Bonchev–Trinajstić information content (AvgIpc) is 3.19. The van der Waals surface area contributed by atoms with E-state index in [1.165, 1.54) is 14.2 Å². The molecule has 1 aliphatic heterocycles. The molecule has 8 nitrogen and oxygen atoms in total. The summed E-state index contributed by atoms with van der Waals surface area (Å²) in [5, 5.41) is 2.64. The van der Waals surface area contributed by atoms with Crippen LogP contribution in [0.4, 0.5) is 5.69 Å². The van der Waals surface area contributed by atoms with Gasteiger partial charge in [-0.05, 0) is 24.6 Å². The summed E-state index contributed by atoms with van der Waals surface area (Å²) >= 11 is 0. The lowest BCUT2D eigenvalue weighted by Crippen LogP contribution is -2.30. The van der Waals surface area contributed by atoms with Gasteiger partial charge in [0.05, 0.1) is 31.9 Å². The molecule has 164 valence electrons. The molecule has 8 heteroatoms. The summed E-state index contributed by atoms with van der Waals surface area (Å²) in [6.45, 7) is 1.73. The molecule has 0 saturated carbocycles. The van der Waals surface area contributed by atoms with E-state index in [0.717, 1.165) is 5.56 Å². The number of anilines is 1. The van der Waals surface area contributed by atoms with Gasteiger partial charge in [0.25, 0.3) is 5.91 Å². The van der Waals surface area contributed by atoms with Crippen LogP contribution < -0.4 is 14.8 Å². The Hall–Kier alpha value is -3.55. The topological polar surface area (TPSA) is 94.2 Å². The maximum Gasteiger partial charge on any atom is 0.311 e. The lowest BCUT2D eigenvalue weighted by Gasteiger charge is -2.25. The highest BCUT2D eigenvalue weighted by molar-refractivity contribution is 5.95. The quantitative estimate of drug-likeness (QED) is 0.653. The Morgan fingerprint density at radius 1 is 1.13 bits per heavy atom. The van der Waals surface area contributed by atoms with Gasteiger partial charge in [-0.25, -0.2) is 0 Å². The van der Waals surface area contributed by atoms with Crippen LogP contribution in [0.2, 0.25) is 0 Å². The Labute approximate surface area is 181 Å². The predicted molar refractivity (Wildman–Crippen MR) is 114 cm³/mol. The maximum atomic E-state index is 12.5. The standard InChI is InChI=1S/C23H26N2O6/c1-15(16-7-5-4-6-8-16)25-13-17(11-22(25)27)23(28)31-14-21(26)24-19-12-18(29-2)9-10-20(19)30-3/h4-10,12,15,17H,11,13-14H2,1-3H3,(H,24,26)/t15-,17+/m0/s1. The van der Waals surface area contributed by atoms with Crippen LogP contribution in [0.5, 0.6) is 11.5 Å². The van der Waals surface area contributed by atoms with Gasteiger partial charge in [-0.2, -0.15) is 0 Å². The van der Waals surface area contributed by atoms with Crippen molar-refractivity contribution in [1.29, 1.82) is 0 Å². The van der Waals surface area contributed by atoms with Crippen molar-refractivity contribution in [3.05, 3.63) is 54.1 Å². The number of carbonyl (C=O) groups excluding carboxylic acids is 3. The van der Waals surface area contributed by atoms with Crippen molar-refractivity contribution in [2.45, 2.75) is 19.4 Å². The fourth-order valence-electron chi connectivity index (χ4n) is 3.53. The molecule has 2 aromatic rings. The number of amides is 2. The van der Waals surface area contributed by atoms with Crippen LogP contribution in [-0.4, -0.2) is 50.1 Å². The van der Waals surface area contributed by atoms with Gasteiger partial charge < -0.3 is 24.4 Å². The van der Waals surface area contributed by atoms with Crippen LogP contribution >= 0.6 is 0 Å². The maximum absolute atomic E-state index is 12.5. The smallest absolute Gasteiger partial charge is 0.311 e. The van der Waals surface area contributed by atoms with E-state index < -0.39 is 24.4 Å². The molecule has 0 spiro atoms. The van der Waals surface area contributed by atoms with Gasteiger partial charge in [0, 0.05) is 19.0 Å². The van der Waals surface area contributed by atoms with E-state index in [1.807, 2.05) is 37.3 Å². The number of nitrogens with one attached hydrogen (secondary N) is 1. The van der Waals surface area contributed by atoms with Crippen molar-refractivity contribution in [3.8, 4) is 11.5 Å². The molecule has 1 heterocycles. The number of ether oxygens (including phenoxy) is 3. The molecule has 3 rings (SSSR count). The largest absolute Gasteiger partial charge is 0.497 e. The van der Waals surface area contributed by atoms with E-state index in [0.29, 0.717) is 17.2 Å². The normalized spacial score (nSPS) is 16.5. The summed E-state index contributed by atoms with van der Waals surface area (Å²) in [7, 11) is 3.00. The average molecular weight is 426 g/mol. The van der Waals surface area contributed by atoms with E-state index in [-0.39, 0.29) is 24.9 Å². The first-order valence-electron chi connectivity index (χ1n) is 9.95. The number of nitrogens with zero attached hydrogens (tertiary/aromatic N) is 1. The summed E-state index contributed by atoms with van der Waals surface area (Å²) in [5.41, 5.74) is 1.40. The third kappa shape index (κ3) is 5.33. The molecule has 0 aliphatic carbocycles. The number of methoxy groups -OCH3 is 2. The molecule has 2 aromatic carbocycles. The second kappa shape index (κ2) is 9.97. The van der Waals surface area contributed by atoms with E-state index in [9.17, 15) is 14.4 Å². The first-order chi connectivity index (χ1) is 14.9. The van der Waals surface area contributed by atoms with Gasteiger partial charge in [-0.1, -0.05) is 30.3 Å². The van der Waals surface area contributed by atoms with Crippen LogP contribution in [0.25, 0.3) is 0 Å². The lowest BCUT2D eigenvalue weighted by molar-refractivity contribution is -0.151. The fourth-order valence-corrected chi connectivity index (χ4v) is 3.53. The summed E-state index contributed by atoms with van der Waals surface area (Å²) in [5.74, 6) is -0.790. The SMILES string of the molecule is COc1ccc(OC)c(NC(=O)COC(=O)[C@@H]2CC(=O)N([C@@H](C)c3ccccc3)C2)c1. The van der Waals surface area contributed by atoms with Gasteiger partial charge in [-0.15, -0.1) is 0 Å². The zero-order chi connectivity index (χ0) is 22.4. The predicted octanol–water partition coefficient (Wildman–Crippen LogP) is 2.80. The molecule has 0 aromatic heterocycles. The number of hydrogen-bond donors (Lipinski definition) is 1. The highest BCUT2D eigenvalue weighted by atomic mass is 16.5. The van der Waals surface area contributed by atoms with Crippen molar-refractivity contribution in [2.24, 2.45) is 5.92 Å². The molecular formula is C23H26N2O6. The Bertz CT molecular complexity index is 946. The third-order valence-corrected chi connectivity index (χ3v) is 5.27. The van der Waals surface area contributed by atoms with Crippen LogP contribution in [0.1, 0.15) is 24.9 Å². The Morgan fingerprint density at radius 2 is 1.87 bits per heavy atom. The van der Waals surface area contributed by atoms with Crippen LogP contribution in [0, 0.1) is 5.92 Å².